The van der Waals surface area contributed by atoms with Gasteiger partial charge in [-0.05, 0) is 62.2 Å². The van der Waals surface area contributed by atoms with Crippen LogP contribution >= 0.6 is 0 Å². The van der Waals surface area contributed by atoms with Gasteiger partial charge in [-0.3, -0.25) is 0 Å². The van der Waals surface area contributed by atoms with Gasteiger partial charge in [0.2, 0.25) is 0 Å². The Morgan fingerprint density at radius 2 is 1.17 bits per heavy atom. The molecule has 242 valence electrons. The van der Waals surface area contributed by atoms with E-state index in [9.17, 15) is 0 Å². The summed E-state index contributed by atoms with van der Waals surface area (Å²) >= 11 is 0. The van der Waals surface area contributed by atoms with E-state index >= 15 is 0 Å². The zero-order valence-electron chi connectivity index (χ0n) is 24.0. The topological polar surface area (TPSA) is 77.0 Å². The van der Waals surface area contributed by atoms with Crippen LogP contribution in [0, 0.1) is 47.3 Å². The molecule has 2 saturated carbocycles. The van der Waals surface area contributed by atoms with Crippen molar-refractivity contribution in [3.8, 4) is 0 Å². The van der Waals surface area contributed by atoms with E-state index in [-0.39, 0.29) is 77.5 Å². The van der Waals surface area contributed by atoms with Crippen LogP contribution in [0.5, 0.6) is 0 Å². The maximum atomic E-state index is 6.72. The molecule has 4 saturated heterocycles. The van der Waals surface area contributed by atoms with E-state index < -0.39 is 6.29 Å². The lowest BCUT2D eigenvalue weighted by atomic mass is 9.65. The minimum absolute atomic E-state index is 0. The van der Waals surface area contributed by atoms with Gasteiger partial charge in [0.05, 0.1) is 24.0 Å². The highest BCUT2D eigenvalue weighted by atomic mass is 16.7. The predicted octanol–water partition coefficient (Wildman–Crippen LogP) is 6.80. The van der Waals surface area contributed by atoms with Gasteiger partial charge in [-0.25, -0.2) is 0 Å². The molecule has 4 heterocycles. The fraction of sp³-hybridized carbons (Fsp3) is 0.970. The van der Waals surface area contributed by atoms with E-state index in [1.54, 1.807) is 21.3 Å². The Hall–Kier alpha value is -0.770. The summed E-state index contributed by atoms with van der Waals surface area (Å²) in [6, 6.07) is 0. The highest BCUT2D eigenvalue weighted by Gasteiger charge is 2.74. The summed E-state index contributed by atoms with van der Waals surface area (Å²) in [5, 5.41) is 4.56. The van der Waals surface area contributed by atoms with Crippen LogP contribution in [-0.2, 0) is 33.3 Å². The first-order valence-electron chi connectivity index (χ1n) is 14.5. The van der Waals surface area contributed by atoms with Gasteiger partial charge in [0.15, 0.2) is 12.6 Å². The highest BCUT2D eigenvalue weighted by Crippen LogP contribution is 2.65. The van der Waals surface area contributed by atoms with E-state index in [1.807, 2.05) is 0 Å². The molecule has 0 N–H and O–H groups in total. The van der Waals surface area contributed by atoms with Gasteiger partial charge in [-0.1, -0.05) is 62.6 Å². The number of hydrogen-bond acceptors (Lipinski definition) is 8. The molecule has 6 unspecified atom stereocenters. The Morgan fingerprint density at radius 1 is 0.707 bits per heavy atom. The van der Waals surface area contributed by atoms with Gasteiger partial charge in [0.25, 0.3) is 0 Å². The summed E-state index contributed by atoms with van der Waals surface area (Å²) in [6.45, 7) is 13.6. The first kappa shape index (κ1) is 36.4. The summed E-state index contributed by atoms with van der Waals surface area (Å²) in [7, 11) is 5.08. The van der Waals surface area contributed by atoms with Gasteiger partial charge < -0.3 is 33.3 Å². The lowest BCUT2D eigenvalue weighted by Crippen LogP contribution is -2.72. The number of nitrogens with zero attached hydrogens (tertiary/aromatic N) is 1. The number of rotatable bonds is 6. The van der Waals surface area contributed by atoms with Gasteiger partial charge in [-0.2, -0.15) is 0 Å². The fourth-order valence-electron chi connectivity index (χ4n) is 10.4. The molecule has 0 aromatic carbocycles. The quantitative estimate of drug-likeness (QED) is 0.251. The Balaban J connectivity index is 0.00000147. The Morgan fingerprint density at radius 3 is 1.61 bits per heavy atom. The van der Waals surface area contributed by atoms with Gasteiger partial charge in [0.1, 0.15) is 24.4 Å². The number of oxime groups is 1. The molecule has 0 bridgehead atoms. The van der Waals surface area contributed by atoms with E-state index in [1.165, 1.54) is 0 Å². The van der Waals surface area contributed by atoms with E-state index in [4.69, 9.17) is 33.3 Å². The fourth-order valence-corrected chi connectivity index (χ4v) is 10.4. The summed E-state index contributed by atoms with van der Waals surface area (Å²) in [5.41, 5.74) is 0.178. The smallest absolute Gasteiger partial charge is 0.187 e. The van der Waals surface area contributed by atoms with Crippen molar-refractivity contribution in [3.05, 3.63) is 0 Å². The Bertz CT molecular complexity index is 916. The van der Waals surface area contributed by atoms with Crippen LogP contribution in [0.2, 0.25) is 0 Å². The van der Waals surface area contributed by atoms with Crippen LogP contribution in [0.4, 0.5) is 0 Å². The normalized spacial score (nSPS) is 52.8. The third kappa shape index (κ3) is 4.64. The molecule has 6 aliphatic rings. The zero-order valence-corrected chi connectivity index (χ0v) is 24.0. The van der Waals surface area contributed by atoms with Crippen LogP contribution in [0.3, 0.4) is 0 Å². The summed E-state index contributed by atoms with van der Waals surface area (Å²) in [4.78, 5) is 5.40. The third-order valence-corrected chi connectivity index (χ3v) is 11.5. The first-order valence-corrected chi connectivity index (χ1v) is 14.5. The second-order valence-electron chi connectivity index (χ2n) is 13.1. The van der Waals surface area contributed by atoms with Crippen LogP contribution in [-0.4, -0.2) is 75.2 Å². The Labute approximate surface area is 251 Å². The van der Waals surface area contributed by atoms with Crippen molar-refractivity contribution in [1.82, 2.24) is 0 Å². The molecule has 0 aromatic heterocycles. The number of hydrogen-bond donors (Lipinski definition) is 0. The summed E-state index contributed by atoms with van der Waals surface area (Å²) < 4.78 is 38.4. The SMILES string of the molecule is C.C.C.C.CO/N=C(/C[C@H]1O[C@H](OC)[C@@]23OC(C)C2C(C)C[C@H]3[C@H]1C)[C@H]1O[C@H](OC)[C@@]23OC(C)C2C(C)C[C@H]3[C@H]1C. The standard InChI is InChI=1S/C29H47NO7.4CH4/c1-13-10-19-15(3)22(34-26(31-7)28(19)23(13)17(5)36-28)12-21(30-33-9)25-16(4)20-11-14(2)24-18(6)37-29(20,24)27(32-8)35-25;;;;/h13-20,22-27H,10-12H2,1-9H3;4*1H4/b30-21-;;;;/t13?,14?,15-,16-,17?,18?,19+,20+,22-,23?,24?,25+,26+,27+,28+,29+;;;;/m1..../s1. The van der Waals surface area contributed by atoms with Crippen LogP contribution < -0.4 is 0 Å². The number of methoxy groups -OCH3 is 2. The lowest BCUT2D eigenvalue weighted by Gasteiger charge is -2.61. The molecule has 41 heavy (non-hydrogen) atoms. The molecule has 8 heteroatoms. The average molecular weight is 586 g/mol. The van der Waals surface area contributed by atoms with E-state index in [0.717, 1.165) is 18.6 Å². The summed E-state index contributed by atoms with van der Waals surface area (Å²) in [5.74, 6) is 3.33. The van der Waals surface area contributed by atoms with Crippen molar-refractivity contribution >= 4 is 5.71 Å². The van der Waals surface area contributed by atoms with Crippen LogP contribution in [0.1, 0.15) is 90.5 Å². The van der Waals surface area contributed by atoms with Crippen molar-refractivity contribution in [2.45, 2.75) is 139 Å². The van der Waals surface area contributed by atoms with Gasteiger partial charge in [-0.15, -0.1) is 0 Å². The molecular formula is C33H63NO7. The Kier molecular flexibility index (Phi) is 11.3. The molecule has 2 aliphatic carbocycles. The highest BCUT2D eigenvalue weighted by molar-refractivity contribution is 5.89. The maximum absolute atomic E-state index is 6.72. The minimum atomic E-state index is -0.423. The molecule has 0 amide bonds. The molecule has 16 atom stereocenters. The summed E-state index contributed by atoms with van der Waals surface area (Å²) in [6.07, 6.45) is 2.25. The molecule has 0 aromatic rings. The molecular weight excluding hydrogens is 522 g/mol. The third-order valence-electron chi connectivity index (χ3n) is 11.5. The largest absolute Gasteiger partial charge is 0.399 e. The number of ether oxygens (including phenoxy) is 6. The van der Waals surface area contributed by atoms with Crippen molar-refractivity contribution in [2.24, 2.45) is 52.5 Å². The van der Waals surface area contributed by atoms with Crippen molar-refractivity contribution < 1.29 is 33.3 Å². The molecule has 6 fully saturated rings. The van der Waals surface area contributed by atoms with Crippen molar-refractivity contribution in [2.75, 3.05) is 21.3 Å². The van der Waals surface area contributed by atoms with E-state index in [2.05, 4.69) is 46.7 Å². The molecule has 0 radical (unpaired) electrons. The zero-order chi connectivity index (χ0) is 26.4. The van der Waals surface area contributed by atoms with E-state index in [0.29, 0.717) is 47.8 Å². The van der Waals surface area contributed by atoms with Crippen LogP contribution in [0.15, 0.2) is 5.16 Å². The average Bonchev–Trinajstić information content (AvgIpc) is 3.23. The lowest BCUT2D eigenvalue weighted by molar-refractivity contribution is -0.393. The molecule has 8 nitrogen and oxygen atoms in total. The molecule has 2 spiro atoms. The van der Waals surface area contributed by atoms with Gasteiger partial charge in [0, 0.05) is 32.5 Å². The first-order chi connectivity index (χ1) is 17.6. The van der Waals surface area contributed by atoms with Crippen molar-refractivity contribution in [3.63, 3.8) is 0 Å². The molecule has 6 rings (SSSR count). The predicted molar refractivity (Wildman–Crippen MR) is 164 cm³/mol. The minimum Gasteiger partial charge on any atom is -0.399 e. The molecule has 4 aliphatic heterocycles. The second-order valence-corrected chi connectivity index (χ2v) is 13.1. The van der Waals surface area contributed by atoms with Crippen molar-refractivity contribution in [1.29, 1.82) is 0 Å². The monoisotopic (exact) mass is 585 g/mol. The van der Waals surface area contributed by atoms with Gasteiger partial charge >= 0.3 is 0 Å². The van der Waals surface area contributed by atoms with Crippen LogP contribution in [0.25, 0.3) is 0 Å². The second kappa shape index (κ2) is 12.7. The maximum Gasteiger partial charge on any atom is 0.187 e.